The first-order chi connectivity index (χ1) is 34.3. The molecule has 21 nitrogen and oxygen atoms in total. The highest BCUT2D eigenvalue weighted by atomic mass is 31.3. The first-order valence-electron chi connectivity index (χ1n) is 25.8. The van der Waals surface area contributed by atoms with Gasteiger partial charge in [-0.15, -0.1) is 0 Å². The van der Waals surface area contributed by atoms with Gasteiger partial charge >= 0.3 is 33.3 Å². The van der Waals surface area contributed by atoms with E-state index in [-0.39, 0.29) is 37.9 Å². The number of carbonyl (C=O) groups is 3. The lowest BCUT2D eigenvalue weighted by atomic mass is 9.83. The standard InChI is InChI=1S/C49H83N3O18P2/c1-4-6-17-23-36(53)27-28-38-40(54)31-41(55)39-24-19-15-16-20-25-44(56)65-32-37(68-45(57)26-21-14-12-10-8-7-9-11-13-18-22-35(3)5-2)33-66-71(61,62)70-72(63,64)67-34-42(47(59)46(38)58)69-48(39)52-30-29-43(50)51-49(52)60/h15,19,27-30,35-40,42,46-48,53-54,58-59H,4-14,16-18,20-26,31-34H2,1-3H3,(H,61,62)(H,63,64)(H2,50,51,60)/b19-15-,28-27?/t35?,36-,37+,38-,39-,40+,42+,46-,47+,48+/m0/s1. The van der Waals surface area contributed by atoms with Gasteiger partial charge in [0, 0.05) is 31.4 Å². The number of unbranched alkanes of at least 4 members (excludes halogenated alkanes) is 11. The topological polar surface area (TPSA) is 323 Å². The molecule has 1 aromatic heterocycles. The van der Waals surface area contributed by atoms with E-state index in [1.807, 2.05) is 6.92 Å². The van der Waals surface area contributed by atoms with Crippen LogP contribution in [0, 0.1) is 17.8 Å². The van der Waals surface area contributed by atoms with E-state index in [0.717, 1.165) is 61.6 Å². The van der Waals surface area contributed by atoms with E-state index in [2.05, 4.69) is 23.1 Å². The number of Topliss-reactive ketones (excluding diaryl/α,β-unsaturated/α-hetero) is 1. The number of hydrogen-bond acceptors (Lipinski definition) is 18. The van der Waals surface area contributed by atoms with Crippen LogP contribution in [0.1, 0.15) is 168 Å². The summed E-state index contributed by atoms with van der Waals surface area (Å²) in [5.74, 6) is -4.36. The van der Waals surface area contributed by atoms with Crippen LogP contribution in [0.5, 0.6) is 0 Å². The summed E-state index contributed by atoms with van der Waals surface area (Å²) < 4.78 is 58.9. The molecule has 0 radical (unpaired) electrons. The van der Waals surface area contributed by atoms with Crippen molar-refractivity contribution in [3.05, 3.63) is 47.1 Å². The molecule has 2 bridgehead atoms. The van der Waals surface area contributed by atoms with E-state index in [9.17, 15) is 58.5 Å². The quantitative estimate of drug-likeness (QED) is 0.0264. The van der Waals surface area contributed by atoms with Crippen LogP contribution in [0.15, 0.2) is 41.4 Å². The molecule has 1 saturated heterocycles. The largest absolute Gasteiger partial charge is 0.481 e. The number of phosphoric ester groups is 2. The number of cyclic esters (lactones) is 1. The number of phosphoric acid groups is 2. The second kappa shape index (κ2) is 33.7. The summed E-state index contributed by atoms with van der Waals surface area (Å²) in [6, 6.07) is 1.21. The van der Waals surface area contributed by atoms with Crippen LogP contribution in [0.3, 0.4) is 0 Å². The van der Waals surface area contributed by atoms with Crippen LogP contribution < -0.4 is 11.4 Å². The molecule has 3 rings (SSSR count). The van der Waals surface area contributed by atoms with Gasteiger partial charge in [0.2, 0.25) is 0 Å². The third-order valence-corrected chi connectivity index (χ3v) is 15.5. The molecule has 0 aromatic carbocycles. The number of allylic oxidation sites excluding steroid dienone is 2. The number of nitrogen functional groups attached to an aromatic ring is 1. The Labute approximate surface area is 424 Å². The Kier molecular flexibility index (Phi) is 29.5. The van der Waals surface area contributed by atoms with Gasteiger partial charge in [0.15, 0.2) is 6.10 Å². The zero-order valence-electron chi connectivity index (χ0n) is 42.4. The van der Waals surface area contributed by atoms with Crippen molar-refractivity contribution in [2.75, 3.05) is 25.6 Å². The maximum Gasteiger partial charge on any atom is 0.481 e. The molecule has 3 heterocycles. The van der Waals surface area contributed by atoms with Gasteiger partial charge in [0.1, 0.15) is 36.6 Å². The molecule has 412 valence electrons. The number of ketones is 1. The molecule has 0 amide bonds. The molecule has 2 aliphatic heterocycles. The van der Waals surface area contributed by atoms with Crippen LogP contribution in [-0.4, -0.2) is 114 Å². The van der Waals surface area contributed by atoms with E-state index in [1.54, 1.807) is 12.2 Å². The molecule has 72 heavy (non-hydrogen) atoms. The number of aliphatic hydroxyl groups is 4. The van der Waals surface area contributed by atoms with Crippen molar-refractivity contribution in [2.45, 2.75) is 205 Å². The molecular formula is C49H83N3O18P2. The molecule has 0 aliphatic carbocycles. The van der Waals surface area contributed by atoms with Gasteiger partial charge in [0.25, 0.3) is 0 Å². The van der Waals surface area contributed by atoms with Crippen molar-refractivity contribution in [1.29, 1.82) is 0 Å². The lowest BCUT2D eigenvalue weighted by molar-refractivity contribution is -0.183. The lowest BCUT2D eigenvalue weighted by Gasteiger charge is -2.38. The summed E-state index contributed by atoms with van der Waals surface area (Å²) in [7, 11) is -11.3. The average molecular weight is 1060 g/mol. The molecule has 0 saturated carbocycles. The number of aliphatic hydroxyl groups excluding tert-OH is 4. The first kappa shape index (κ1) is 63.1. The van der Waals surface area contributed by atoms with E-state index in [1.165, 1.54) is 56.7 Å². The van der Waals surface area contributed by atoms with Gasteiger partial charge in [-0.05, 0) is 44.1 Å². The summed E-state index contributed by atoms with van der Waals surface area (Å²) in [4.78, 5) is 78.4. The van der Waals surface area contributed by atoms with Crippen molar-refractivity contribution < 1.29 is 81.3 Å². The summed E-state index contributed by atoms with van der Waals surface area (Å²) in [5, 5.41) is 45.5. The summed E-state index contributed by atoms with van der Waals surface area (Å²) in [6.45, 7) is 3.73. The molecule has 1 aromatic rings. The molecule has 0 spiro atoms. The number of esters is 2. The van der Waals surface area contributed by atoms with Crippen LogP contribution in [-0.2, 0) is 51.1 Å². The fourth-order valence-electron chi connectivity index (χ4n) is 8.39. The number of ether oxygens (including phenoxy) is 3. The van der Waals surface area contributed by atoms with Crippen LogP contribution >= 0.6 is 15.6 Å². The fourth-order valence-corrected chi connectivity index (χ4v) is 10.5. The lowest BCUT2D eigenvalue weighted by Crippen LogP contribution is -2.51. The maximum absolute atomic E-state index is 14.3. The van der Waals surface area contributed by atoms with Crippen molar-refractivity contribution >= 4 is 39.2 Å². The van der Waals surface area contributed by atoms with Crippen molar-refractivity contribution in [2.24, 2.45) is 17.8 Å². The number of rotatable bonds is 22. The highest BCUT2D eigenvalue weighted by Gasteiger charge is 2.45. The zero-order chi connectivity index (χ0) is 53.1. The summed E-state index contributed by atoms with van der Waals surface area (Å²) >= 11 is 0. The summed E-state index contributed by atoms with van der Waals surface area (Å²) in [5.41, 5.74) is 4.72. The Morgan fingerprint density at radius 3 is 2.18 bits per heavy atom. The molecule has 3 unspecified atom stereocenters. The van der Waals surface area contributed by atoms with Gasteiger partial charge in [0.05, 0.1) is 37.4 Å². The van der Waals surface area contributed by atoms with Gasteiger partial charge in [-0.2, -0.15) is 9.29 Å². The highest BCUT2D eigenvalue weighted by molar-refractivity contribution is 7.61. The number of fused-ring (bicyclic) bond motifs is 3. The van der Waals surface area contributed by atoms with Crippen molar-refractivity contribution in [1.82, 2.24) is 9.55 Å². The predicted molar refractivity (Wildman–Crippen MR) is 267 cm³/mol. The second-order valence-electron chi connectivity index (χ2n) is 19.1. The van der Waals surface area contributed by atoms with Crippen LogP contribution in [0.2, 0.25) is 0 Å². The van der Waals surface area contributed by atoms with Gasteiger partial charge in [-0.3, -0.25) is 28.0 Å². The minimum atomic E-state index is -5.72. The molecule has 23 heteroatoms. The minimum Gasteiger partial charge on any atom is -0.462 e. The van der Waals surface area contributed by atoms with E-state index < -0.39 is 120 Å². The molecule has 8 N–H and O–H groups in total. The fraction of sp³-hybridized carbons (Fsp3) is 0.776. The average Bonchev–Trinajstić information content (AvgIpc) is 3.31. The number of anilines is 1. The Hall–Kier alpha value is -3.17. The number of nitrogens with two attached hydrogens (primary N) is 1. The SMILES string of the molecule is CCCCC[C@H](O)C=C[C@@H]1[C@H](O)[C@H](O)[C@H]2COP(=O)(O)OP(=O)(O)OC[C@H](OC(=O)CCCCCCCCCCCCC(C)CC)COC(=O)CCC/C=C\C[C@@H](C(=O)C[C@H]1O)[C@H](n1ccc(N)nc1=O)O2. The Morgan fingerprint density at radius 1 is 0.889 bits per heavy atom. The van der Waals surface area contributed by atoms with E-state index in [4.69, 9.17) is 29.0 Å². The number of aromatic nitrogens is 2. The van der Waals surface area contributed by atoms with Gasteiger partial charge in [-0.25, -0.2) is 13.9 Å². The predicted octanol–water partition coefficient (Wildman–Crippen LogP) is 7.06. The monoisotopic (exact) mass is 1060 g/mol. The third kappa shape index (κ3) is 24.5. The Bertz CT molecular complexity index is 1990. The number of hydrogen-bond donors (Lipinski definition) is 7. The molecule has 1 fully saturated rings. The van der Waals surface area contributed by atoms with Crippen molar-refractivity contribution in [3.63, 3.8) is 0 Å². The highest BCUT2D eigenvalue weighted by Crippen LogP contribution is 2.60. The first-order valence-corrected chi connectivity index (χ1v) is 28.8. The third-order valence-electron chi connectivity index (χ3n) is 12.9. The Morgan fingerprint density at radius 2 is 1.53 bits per heavy atom. The van der Waals surface area contributed by atoms with Crippen molar-refractivity contribution in [3.8, 4) is 0 Å². The summed E-state index contributed by atoms with van der Waals surface area (Å²) in [6.07, 6.45) is 10.0. The second-order valence-corrected chi connectivity index (χ2v) is 22.1. The normalized spacial score (nSPS) is 30.2. The number of nitrogens with zero attached hydrogens (tertiary/aromatic N) is 2. The number of carbonyl (C=O) groups excluding carboxylic acids is 3. The maximum atomic E-state index is 14.3. The minimum absolute atomic E-state index is 0.00248. The Balaban J connectivity index is 1.83. The van der Waals surface area contributed by atoms with E-state index >= 15 is 0 Å². The zero-order valence-corrected chi connectivity index (χ0v) is 44.2. The van der Waals surface area contributed by atoms with E-state index in [0.29, 0.717) is 19.3 Å². The van der Waals surface area contributed by atoms with Gasteiger partial charge < -0.3 is 50.2 Å². The molecular weight excluding hydrogens is 980 g/mol. The molecule has 2 aliphatic rings. The van der Waals surface area contributed by atoms with Crippen LogP contribution in [0.25, 0.3) is 0 Å². The smallest absolute Gasteiger partial charge is 0.462 e. The van der Waals surface area contributed by atoms with Gasteiger partial charge in [-0.1, -0.05) is 135 Å². The van der Waals surface area contributed by atoms with Crippen LogP contribution in [0.4, 0.5) is 5.82 Å². The molecule has 12 atom stereocenters.